The average molecular weight is 348 g/mol. The van der Waals surface area contributed by atoms with Crippen molar-refractivity contribution in [1.29, 1.82) is 0 Å². The molecule has 114 valence electrons. The molecule has 0 saturated heterocycles. The summed E-state index contributed by atoms with van der Waals surface area (Å²) in [6, 6.07) is 0. The minimum Gasteiger partial charge on any atom is -0.465 e. The molecule has 3 rings (SSSR count). The lowest BCUT2D eigenvalue weighted by Gasteiger charge is -2.39. The third-order valence-corrected chi connectivity index (χ3v) is 5.70. The van der Waals surface area contributed by atoms with Crippen molar-refractivity contribution in [2.75, 3.05) is 6.61 Å². The fraction of sp³-hybridized carbons (Fsp3) is 0.615. The molecule has 0 amide bonds. The molecule has 5 nitrogen and oxygen atoms in total. The lowest BCUT2D eigenvalue weighted by molar-refractivity contribution is -0.152. The van der Waals surface area contributed by atoms with Gasteiger partial charge < -0.3 is 10.5 Å². The van der Waals surface area contributed by atoms with Crippen LogP contribution in [0.4, 0.5) is 0 Å². The van der Waals surface area contributed by atoms with Gasteiger partial charge in [0.2, 0.25) is 0 Å². The van der Waals surface area contributed by atoms with Crippen molar-refractivity contribution < 1.29 is 9.53 Å². The Balaban J connectivity index is 2.07. The molecule has 1 aromatic heterocycles. The zero-order chi connectivity index (χ0) is 15.2. The molecular weight excluding hydrogens is 333 g/mol. The maximum Gasteiger partial charge on any atom is 0.327 e. The zero-order valence-corrected chi connectivity index (χ0v) is 13.8. The Morgan fingerprint density at radius 2 is 2.24 bits per heavy atom. The van der Waals surface area contributed by atoms with Gasteiger partial charge in [-0.05, 0) is 32.1 Å². The number of nitrogens with zero attached hydrogens (tertiary/aromatic N) is 2. The number of fused-ring (bicyclic) bond motifs is 2. The summed E-state index contributed by atoms with van der Waals surface area (Å²) >= 11 is 13.6. The van der Waals surface area contributed by atoms with Gasteiger partial charge in [-0.25, -0.2) is 0 Å². The fourth-order valence-corrected chi connectivity index (χ4v) is 4.66. The quantitative estimate of drug-likeness (QED) is 0.850. The molecule has 2 N–H and O–H groups in total. The number of halogens is 2. The summed E-state index contributed by atoms with van der Waals surface area (Å²) in [5.41, 5.74) is 6.76. The first-order valence-corrected chi connectivity index (χ1v) is 8.31. The molecule has 0 aliphatic heterocycles. The van der Waals surface area contributed by atoms with E-state index in [1.54, 1.807) is 6.92 Å². The van der Waals surface area contributed by atoms with Gasteiger partial charge in [-0.2, -0.15) is 8.75 Å². The predicted octanol–water partition coefficient (Wildman–Crippen LogP) is 2.83. The molecule has 0 spiro atoms. The van der Waals surface area contributed by atoms with E-state index in [0.717, 1.165) is 30.1 Å². The smallest absolute Gasteiger partial charge is 0.327 e. The van der Waals surface area contributed by atoms with Crippen LogP contribution in [0.25, 0.3) is 5.57 Å². The van der Waals surface area contributed by atoms with Crippen LogP contribution in [0.2, 0.25) is 5.15 Å². The summed E-state index contributed by atoms with van der Waals surface area (Å²) in [5, 5.41) is 0.993. The van der Waals surface area contributed by atoms with Gasteiger partial charge >= 0.3 is 5.97 Å². The zero-order valence-electron chi connectivity index (χ0n) is 11.4. The first-order valence-electron chi connectivity index (χ1n) is 6.83. The first kappa shape index (κ1) is 15.2. The van der Waals surface area contributed by atoms with Gasteiger partial charge in [0.25, 0.3) is 0 Å². The summed E-state index contributed by atoms with van der Waals surface area (Å²) in [7, 11) is 0. The second-order valence-corrected chi connectivity index (χ2v) is 6.75. The Morgan fingerprint density at radius 1 is 1.48 bits per heavy atom. The summed E-state index contributed by atoms with van der Waals surface area (Å²) in [6.07, 6.45) is 2.17. The van der Waals surface area contributed by atoms with E-state index < -0.39 is 5.54 Å². The van der Waals surface area contributed by atoms with Crippen LogP contribution >= 0.6 is 34.9 Å². The molecule has 2 bridgehead atoms. The van der Waals surface area contributed by atoms with Crippen molar-refractivity contribution in [1.82, 2.24) is 8.75 Å². The molecule has 1 aromatic rings. The molecule has 2 aliphatic carbocycles. The highest BCUT2D eigenvalue weighted by molar-refractivity contribution is 6.99. The SMILES string of the molecule is CCOC(=O)C1(N)C2CCC1C(c1nsnc1Cl)=C(Cl)C2. The molecule has 1 fully saturated rings. The van der Waals surface area contributed by atoms with Crippen molar-refractivity contribution >= 4 is 46.5 Å². The van der Waals surface area contributed by atoms with E-state index in [9.17, 15) is 4.79 Å². The van der Waals surface area contributed by atoms with Crippen molar-refractivity contribution in [3.05, 3.63) is 15.9 Å². The summed E-state index contributed by atoms with van der Waals surface area (Å²) < 4.78 is 13.4. The van der Waals surface area contributed by atoms with Crippen LogP contribution in [-0.4, -0.2) is 26.9 Å². The van der Waals surface area contributed by atoms with Gasteiger partial charge in [-0.3, -0.25) is 4.79 Å². The Labute approximate surface area is 136 Å². The molecule has 0 aromatic carbocycles. The summed E-state index contributed by atoms with van der Waals surface area (Å²) in [4.78, 5) is 12.4. The van der Waals surface area contributed by atoms with Crippen molar-refractivity contribution in [3.63, 3.8) is 0 Å². The molecule has 2 aliphatic rings. The molecule has 1 saturated carbocycles. The number of aromatic nitrogens is 2. The summed E-state index contributed by atoms with van der Waals surface area (Å²) in [6.45, 7) is 2.08. The fourth-order valence-electron chi connectivity index (χ4n) is 3.50. The normalized spacial score (nSPS) is 31.6. The second kappa shape index (κ2) is 5.50. The third-order valence-electron chi connectivity index (χ3n) is 4.45. The molecule has 0 radical (unpaired) electrons. The van der Waals surface area contributed by atoms with E-state index in [0.29, 0.717) is 28.9 Å². The van der Waals surface area contributed by atoms with E-state index in [1.807, 2.05) is 0 Å². The van der Waals surface area contributed by atoms with E-state index in [2.05, 4.69) is 8.75 Å². The van der Waals surface area contributed by atoms with E-state index >= 15 is 0 Å². The third kappa shape index (κ3) is 2.20. The van der Waals surface area contributed by atoms with Gasteiger partial charge in [0.15, 0.2) is 5.15 Å². The van der Waals surface area contributed by atoms with Crippen molar-refractivity contribution in [2.45, 2.75) is 31.7 Å². The van der Waals surface area contributed by atoms with Gasteiger partial charge in [0.05, 0.1) is 18.3 Å². The average Bonchev–Trinajstić information content (AvgIpc) is 2.93. The number of carbonyl (C=O) groups excluding carboxylic acids is 1. The summed E-state index contributed by atoms with van der Waals surface area (Å²) in [5.74, 6) is -0.578. The molecular formula is C13H15Cl2N3O2S. The van der Waals surface area contributed by atoms with Crippen LogP contribution in [-0.2, 0) is 9.53 Å². The van der Waals surface area contributed by atoms with Gasteiger partial charge in [-0.15, -0.1) is 0 Å². The highest BCUT2D eigenvalue weighted by Crippen LogP contribution is 2.55. The standard InChI is InChI=1S/C13H15Cl2N3O2S/c1-2-20-12(19)13(16)6-3-4-7(13)9(8(14)5-6)10-11(15)18-21-17-10/h6-7H,2-5,16H2,1H3. The van der Waals surface area contributed by atoms with Crippen LogP contribution in [0.3, 0.4) is 0 Å². The number of carbonyl (C=O) groups is 1. The Bertz CT molecular complexity index is 618. The number of nitrogens with two attached hydrogens (primary N) is 1. The second-order valence-electron chi connectivity index (χ2n) is 5.41. The Morgan fingerprint density at radius 3 is 2.86 bits per heavy atom. The number of allylic oxidation sites excluding steroid dienone is 1. The van der Waals surface area contributed by atoms with Gasteiger partial charge in [0, 0.05) is 16.5 Å². The molecule has 21 heavy (non-hydrogen) atoms. The Hall–Kier alpha value is -0.690. The molecule has 3 unspecified atom stereocenters. The van der Waals surface area contributed by atoms with Crippen molar-refractivity contribution in [2.24, 2.45) is 17.6 Å². The number of rotatable bonds is 3. The highest BCUT2D eigenvalue weighted by Gasteiger charge is 2.58. The molecule has 3 atom stereocenters. The maximum atomic E-state index is 12.4. The number of ether oxygens (including phenoxy) is 1. The van der Waals surface area contributed by atoms with E-state index in [4.69, 9.17) is 33.7 Å². The predicted molar refractivity (Wildman–Crippen MR) is 82.1 cm³/mol. The Kier molecular flexibility index (Phi) is 3.98. The van der Waals surface area contributed by atoms with Gasteiger partial charge in [-0.1, -0.05) is 23.2 Å². The number of hydrogen-bond acceptors (Lipinski definition) is 6. The molecule has 1 heterocycles. The van der Waals surface area contributed by atoms with Crippen LogP contribution in [0.5, 0.6) is 0 Å². The molecule has 8 heteroatoms. The minimum atomic E-state index is -1.04. The minimum absolute atomic E-state index is 0.00294. The van der Waals surface area contributed by atoms with Crippen LogP contribution < -0.4 is 5.73 Å². The first-order chi connectivity index (χ1) is 10.00. The van der Waals surface area contributed by atoms with Crippen LogP contribution in [0.1, 0.15) is 31.9 Å². The monoisotopic (exact) mass is 347 g/mol. The lowest BCUT2D eigenvalue weighted by Crippen LogP contribution is -2.58. The maximum absolute atomic E-state index is 12.4. The van der Waals surface area contributed by atoms with Crippen molar-refractivity contribution in [3.8, 4) is 0 Å². The lowest BCUT2D eigenvalue weighted by atomic mass is 9.71. The number of esters is 1. The van der Waals surface area contributed by atoms with E-state index in [1.165, 1.54) is 0 Å². The number of hydrogen-bond donors (Lipinski definition) is 1. The largest absolute Gasteiger partial charge is 0.465 e. The van der Waals surface area contributed by atoms with Crippen LogP contribution in [0, 0.1) is 11.8 Å². The topological polar surface area (TPSA) is 78.1 Å². The highest BCUT2D eigenvalue weighted by atomic mass is 35.5. The van der Waals surface area contributed by atoms with E-state index in [-0.39, 0.29) is 17.8 Å². The van der Waals surface area contributed by atoms with Crippen LogP contribution in [0.15, 0.2) is 5.03 Å². The van der Waals surface area contributed by atoms with Gasteiger partial charge in [0.1, 0.15) is 11.2 Å².